The zero-order valence-corrected chi connectivity index (χ0v) is 29.3. The molecule has 2 bridgehead atoms. The predicted octanol–water partition coefficient (Wildman–Crippen LogP) is 1.81. The minimum absolute atomic E-state index is 0.00888. The topological polar surface area (TPSA) is 210 Å². The smallest absolute Gasteiger partial charge is 0.340 e. The standard InChI is InChI=1S/C37H45N3O12/c1-18(2)10-11-39-17-49-25-9-8-22-24-16-48-26-14-21(50-33-32(42)37(46)34(43)36(52-33,35(44)45)27(38-3)15-40-37)13-23(19-6-5-7-20(41)12-19)28(26)29(24)51-30(22)31(25)47-4/h5-9,12-14,18,24,27,29,32-34,38-43,46H,10-11,15-17H2,1-4H3,(H,44,45)/t24-,27+,29+,32-,33+,34+,36-,37+/m0/s1. The summed E-state index contributed by atoms with van der Waals surface area (Å²) in [4.78, 5) is 12.7. The van der Waals surface area contributed by atoms with Gasteiger partial charge in [0, 0.05) is 23.7 Å². The van der Waals surface area contributed by atoms with Crippen LogP contribution in [0.2, 0.25) is 0 Å². The number of likely N-dealkylation sites (N-methyl/N-ethyl adjacent to an activating group) is 1. The zero-order chi connectivity index (χ0) is 36.9. The molecule has 7 rings (SSSR count). The van der Waals surface area contributed by atoms with Crippen molar-refractivity contribution in [3.8, 4) is 45.6 Å². The molecule has 15 nitrogen and oxygen atoms in total. The molecule has 4 aliphatic heterocycles. The van der Waals surface area contributed by atoms with Gasteiger partial charge in [0.15, 0.2) is 23.3 Å². The van der Waals surface area contributed by atoms with Crippen LogP contribution in [-0.4, -0.2) is 108 Å². The second kappa shape index (κ2) is 13.9. The number of phenols is 1. The monoisotopic (exact) mass is 723 g/mol. The van der Waals surface area contributed by atoms with E-state index in [1.807, 2.05) is 12.1 Å². The fourth-order valence-electron chi connectivity index (χ4n) is 7.62. The molecule has 0 aromatic heterocycles. The Hall–Kier alpha value is -4.35. The number of hydrogen-bond acceptors (Lipinski definition) is 14. The highest BCUT2D eigenvalue weighted by atomic mass is 16.7. The van der Waals surface area contributed by atoms with Crippen molar-refractivity contribution in [2.75, 3.05) is 40.6 Å². The van der Waals surface area contributed by atoms with E-state index >= 15 is 0 Å². The molecule has 3 aromatic carbocycles. The number of aliphatic hydroxyl groups excluding tert-OH is 2. The Labute approximate surface area is 300 Å². The third-order valence-corrected chi connectivity index (χ3v) is 10.4. The fraction of sp³-hybridized carbons (Fsp3) is 0.486. The Morgan fingerprint density at radius 2 is 1.96 bits per heavy atom. The van der Waals surface area contributed by atoms with E-state index in [0.29, 0.717) is 52.3 Å². The van der Waals surface area contributed by atoms with E-state index in [-0.39, 0.29) is 30.6 Å². The number of phenolic OH excluding ortho intramolecular Hbond substituents is 1. The van der Waals surface area contributed by atoms with Gasteiger partial charge in [-0.25, -0.2) is 4.79 Å². The number of benzene rings is 3. The zero-order valence-electron chi connectivity index (χ0n) is 29.3. The molecule has 0 unspecified atom stereocenters. The minimum atomic E-state index is -2.48. The molecule has 4 heterocycles. The van der Waals surface area contributed by atoms with Crippen LogP contribution in [0.25, 0.3) is 11.1 Å². The molecular formula is C37H45N3O12. The van der Waals surface area contributed by atoms with Crippen molar-refractivity contribution >= 4 is 5.97 Å². The van der Waals surface area contributed by atoms with E-state index < -0.39 is 47.9 Å². The van der Waals surface area contributed by atoms with Crippen LogP contribution in [0.3, 0.4) is 0 Å². The van der Waals surface area contributed by atoms with Crippen LogP contribution in [0.5, 0.6) is 34.5 Å². The van der Waals surface area contributed by atoms with Crippen molar-refractivity contribution in [2.45, 2.75) is 68.2 Å². The van der Waals surface area contributed by atoms with Crippen LogP contribution in [0.4, 0.5) is 0 Å². The van der Waals surface area contributed by atoms with Crippen molar-refractivity contribution < 1.29 is 58.7 Å². The molecular weight excluding hydrogens is 678 g/mol. The van der Waals surface area contributed by atoms with Gasteiger partial charge in [0.05, 0.1) is 25.7 Å². The van der Waals surface area contributed by atoms with Gasteiger partial charge in [-0.15, -0.1) is 0 Å². The SMILES string of the molecule is CN[C@@H]1CN[C@@]2(O)[C@@H](O)[C@H](Oc3cc4c(c(-c5cccc(O)c5)c3)[C@@H]3Oc5c(ccc(OCNCCC(C)C)c5OC)[C@@H]3CO4)O[C@]1(C(=O)O)[C@H]2O. The van der Waals surface area contributed by atoms with E-state index in [1.165, 1.54) is 13.1 Å². The van der Waals surface area contributed by atoms with E-state index in [1.54, 1.807) is 37.4 Å². The van der Waals surface area contributed by atoms with Crippen LogP contribution < -0.4 is 39.6 Å². The van der Waals surface area contributed by atoms with Crippen LogP contribution in [-0.2, 0) is 9.53 Å². The molecule has 2 saturated heterocycles. The lowest BCUT2D eigenvalue weighted by Crippen LogP contribution is -2.87. The summed E-state index contributed by atoms with van der Waals surface area (Å²) in [6, 6.07) is 12.6. The van der Waals surface area contributed by atoms with Crippen molar-refractivity contribution in [3.05, 3.63) is 59.7 Å². The summed E-state index contributed by atoms with van der Waals surface area (Å²) in [5.74, 6) is 0.747. The van der Waals surface area contributed by atoms with E-state index in [0.717, 1.165) is 18.5 Å². The molecule has 3 aromatic rings. The molecule has 0 spiro atoms. The van der Waals surface area contributed by atoms with Crippen LogP contribution in [0.1, 0.15) is 43.4 Å². The highest BCUT2D eigenvalue weighted by molar-refractivity contribution is 5.81. The number of methoxy groups -OCH3 is 1. The van der Waals surface area contributed by atoms with Gasteiger partial charge in [0.25, 0.3) is 0 Å². The number of carbonyl (C=O) groups is 1. The summed E-state index contributed by atoms with van der Waals surface area (Å²) >= 11 is 0. The summed E-state index contributed by atoms with van der Waals surface area (Å²) in [6.07, 6.45) is -5.27. The summed E-state index contributed by atoms with van der Waals surface area (Å²) < 4.78 is 36.9. The molecule has 8 atom stereocenters. The number of ether oxygens (including phenoxy) is 6. The molecule has 280 valence electrons. The second-order valence-electron chi connectivity index (χ2n) is 14.0. The Morgan fingerprint density at radius 1 is 1.15 bits per heavy atom. The number of aliphatic carboxylic acids is 1. The summed E-state index contributed by atoms with van der Waals surface area (Å²) in [5.41, 5.74) is -2.18. The van der Waals surface area contributed by atoms with Gasteiger partial charge >= 0.3 is 5.97 Å². The quantitative estimate of drug-likeness (QED) is 0.0990. The van der Waals surface area contributed by atoms with Gasteiger partial charge in [-0.05, 0) is 61.3 Å². The van der Waals surface area contributed by atoms with Crippen LogP contribution in [0, 0.1) is 5.92 Å². The summed E-state index contributed by atoms with van der Waals surface area (Å²) in [5, 5.41) is 63.2. The number of aliphatic hydroxyl groups is 3. The predicted molar refractivity (Wildman–Crippen MR) is 185 cm³/mol. The molecule has 52 heavy (non-hydrogen) atoms. The molecule has 0 saturated carbocycles. The van der Waals surface area contributed by atoms with Gasteiger partial charge in [0.1, 0.15) is 36.2 Å². The molecule has 0 radical (unpaired) electrons. The first-order chi connectivity index (χ1) is 24.9. The number of carboxylic acids is 1. The Bertz CT molecular complexity index is 1820. The van der Waals surface area contributed by atoms with E-state index in [4.69, 9.17) is 28.4 Å². The largest absolute Gasteiger partial charge is 0.508 e. The number of carboxylic acid groups (broad SMARTS) is 1. The maximum Gasteiger partial charge on any atom is 0.340 e. The number of nitrogens with one attached hydrogen (secondary N) is 3. The molecule has 0 amide bonds. The summed E-state index contributed by atoms with van der Waals surface area (Å²) in [6.45, 7) is 5.51. The van der Waals surface area contributed by atoms with Crippen LogP contribution >= 0.6 is 0 Å². The maximum absolute atomic E-state index is 12.7. The molecule has 0 aliphatic carbocycles. The van der Waals surface area contributed by atoms with Gasteiger partial charge in [0.2, 0.25) is 17.6 Å². The Kier molecular flexibility index (Phi) is 9.63. The molecule has 2 fully saturated rings. The van der Waals surface area contributed by atoms with Crippen molar-refractivity contribution in [2.24, 2.45) is 5.92 Å². The van der Waals surface area contributed by atoms with Gasteiger partial charge in [-0.1, -0.05) is 32.0 Å². The minimum Gasteiger partial charge on any atom is -0.508 e. The third kappa shape index (κ3) is 5.86. The second-order valence-corrected chi connectivity index (χ2v) is 14.0. The average molecular weight is 724 g/mol. The number of rotatable bonds is 12. The number of hydrogen-bond donors (Lipinski definition) is 8. The lowest BCUT2D eigenvalue weighted by atomic mass is 9.74. The van der Waals surface area contributed by atoms with Gasteiger partial charge < -0.3 is 59.3 Å². The first-order valence-corrected chi connectivity index (χ1v) is 17.3. The maximum atomic E-state index is 12.7. The van der Waals surface area contributed by atoms with Crippen molar-refractivity contribution in [1.29, 1.82) is 0 Å². The molecule has 4 aliphatic rings. The highest BCUT2D eigenvalue weighted by Crippen LogP contribution is 2.58. The van der Waals surface area contributed by atoms with Crippen molar-refractivity contribution in [3.63, 3.8) is 0 Å². The lowest BCUT2D eigenvalue weighted by molar-refractivity contribution is -0.362. The summed E-state index contributed by atoms with van der Waals surface area (Å²) in [7, 11) is 3.05. The van der Waals surface area contributed by atoms with E-state index in [9.17, 15) is 30.3 Å². The highest BCUT2D eigenvalue weighted by Gasteiger charge is 2.71. The average Bonchev–Trinajstić information content (AvgIpc) is 3.50. The Morgan fingerprint density at radius 3 is 2.67 bits per heavy atom. The fourth-order valence-corrected chi connectivity index (χ4v) is 7.62. The molecule has 8 N–H and O–H groups in total. The van der Waals surface area contributed by atoms with Crippen molar-refractivity contribution in [1.82, 2.24) is 16.0 Å². The lowest BCUT2D eigenvalue weighted by Gasteiger charge is -2.58. The Balaban J connectivity index is 1.24. The van der Waals surface area contributed by atoms with E-state index in [2.05, 4.69) is 29.8 Å². The molecule has 15 heteroatoms. The first kappa shape index (κ1) is 36.0. The number of aromatic hydroxyl groups is 1. The third-order valence-electron chi connectivity index (χ3n) is 10.4. The van der Waals surface area contributed by atoms with Gasteiger partial charge in [-0.3, -0.25) is 10.6 Å². The number of piperidine rings is 1. The normalized spacial score (nSPS) is 30.0. The van der Waals surface area contributed by atoms with Crippen LogP contribution in [0.15, 0.2) is 48.5 Å². The number of fused-ring (bicyclic) bond motifs is 7. The van der Waals surface area contributed by atoms with Gasteiger partial charge in [-0.2, -0.15) is 0 Å². The first-order valence-electron chi connectivity index (χ1n) is 17.3.